The number of likely N-dealkylation sites (N-methyl/N-ethyl adjacent to an activating group) is 1. The molecule has 3 nitrogen and oxygen atoms in total. The lowest BCUT2D eigenvalue weighted by atomic mass is 9.96. The lowest BCUT2D eigenvalue weighted by molar-refractivity contribution is -0.131. The molecule has 0 bridgehead atoms. The second kappa shape index (κ2) is 7.79. The van der Waals surface area contributed by atoms with Crippen LogP contribution in [0.2, 0.25) is 5.02 Å². The van der Waals surface area contributed by atoms with Crippen molar-refractivity contribution in [2.75, 3.05) is 14.2 Å². The summed E-state index contributed by atoms with van der Waals surface area (Å²) in [4.78, 5) is 14.6. The Labute approximate surface area is 159 Å². The third-order valence-corrected chi connectivity index (χ3v) is 4.90. The molecule has 1 amide bonds. The van der Waals surface area contributed by atoms with Crippen molar-refractivity contribution in [2.45, 2.75) is 19.4 Å². The van der Waals surface area contributed by atoms with E-state index in [2.05, 4.69) is 6.07 Å². The monoisotopic (exact) mass is 367 g/mol. The number of hydrogen-bond acceptors (Lipinski definition) is 2. The van der Waals surface area contributed by atoms with Crippen LogP contribution in [-0.4, -0.2) is 25.0 Å². The minimum atomic E-state index is -0.209. The molecule has 0 saturated heterocycles. The molecular weight excluding hydrogens is 346 g/mol. The molecule has 3 rings (SSSR count). The minimum Gasteiger partial charge on any atom is -0.497 e. The number of fused-ring (bicyclic) bond motifs is 1. The first-order valence-corrected chi connectivity index (χ1v) is 8.93. The van der Waals surface area contributed by atoms with Crippen molar-refractivity contribution in [1.29, 1.82) is 0 Å². The number of halogens is 1. The Morgan fingerprint density at radius 3 is 2.38 bits per heavy atom. The van der Waals surface area contributed by atoms with Gasteiger partial charge in [-0.15, -0.1) is 0 Å². The number of rotatable bonds is 5. The lowest BCUT2D eigenvalue weighted by Gasteiger charge is -2.22. The van der Waals surface area contributed by atoms with E-state index in [0.29, 0.717) is 11.6 Å². The quantitative estimate of drug-likeness (QED) is 0.615. The van der Waals surface area contributed by atoms with E-state index >= 15 is 0 Å². The Kier molecular flexibility index (Phi) is 5.48. The van der Waals surface area contributed by atoms with Crippen molar-refractivity contribution < 1.29 is 9.53 Å². The molecule has 0 unspecified atom stereocenters. The summed E-state index contributed by atoms with van der Waals surface area (Å²) >= 11 is 5.92. The van der Waals surface area contributed by atoms with Crippen LogP contribution in [-0.2, 0) is 11.3 Å². The fraction of sp³-hybridized carbons (Fsp3) is 0.227. The van der Waals surface area contributed by atoms with Gasteiger partial charge in [0.25, 0.3) is 0 Å². The zero-order valence-corrected chi connectivity index (χ0v) is 16.0. The third-order valence-electron chi connectivity index (χ3n) is 4.65. The van der Waals surface area contributed by atoms with Crippen LogP contribution in [0.15, 0.2) is 60.7 Å². The first-order chi connectivity index (χ1) is 12.5. The Morgan fingerprint density at radius 2 is 1.69 bits per heavy atom. The van der Waals surface area contributed by atoms with Crippen molar-refractivity contribution >= 4 is 28.3 Å². The summed E-state index contributed by atoms with van der Waals surface area (Å²) in [6, 6.07) is 19.7. The lowest BCUT2D eigenvalue weighted by Crippen LogP contribution is -2.30. The number of amides is 1. The molecule has 26 heavy (non-hydrogen) atoms. The fourth-order valence-electron chi connectivity index (χ4n) is 3.05. The smallest absolute Gasteiger partial charge is 0.229 e. The number of nitrogens with zero attached hydrogens (tertiary/aromatic N) is 1. The summed E-state index contributed by atoms with van der Waals surface area (Å²) in [5.41, 5.74) is 2.07. The molecule has 0 fully saturated rings. The van der Waals surface area contributed by atoms with Crippen LogP contribution in [0.4, 0.5) is 0 Å². The summed E-state index contributed by atoms with van der Waals surface area (Å²) in [6.45, 7) is 2.51. The summed E-state index contributed by atoms with van der Waals surface area (Å²) in [7, 11) is 3.49. The maximum absolute atomic E-state index is 12.8. The van der Waals surface area contributed by atoms with E-state index in [0.717, 1.165) is 27.6 Å². The topological polar surface area (TPSA) is 29.5 Å². The predicted octanol–water partition coefficient (Wildman–Crippen LogP) is 5.26. The van der Waals surface area contributed by atoms with Gasteiger partial charge in [-0.2, -0.15) is 0 Å². The summed E-state index contributed by atoms with van der Waals surface area (Å²) in [5.74, 6) is 0.712. The Hall–Kier alpha value is -2.52. The highest BCUT2D eigenvalue weighted by molar-refractivity contribution is 6.30. The van der Waals surface area contributed by atoms with Crippen LogP contribution in [0.1, 0.15) is 24.0 Å². The van der Waals surface area contributed by atoms with E-state index in [1.165, 1.54) is 0 Å². The largest absolute Gasteiger partial charge is 0.497 e. The maximum atomic E-state index is 12.8. The van der Waals surface area contributed by atoms with Gasteiger partial charge in [0.1, 0.15) is 5.75 Å². The zero-order chi connectivity index (χ0) is 18.7. The van der Waals surface area contributed by atoms with Crippen LogP contribution in [0.5, 0.6) is 5.75 Å². The minimum absolute atomic E-state index is 0.0906. The predicted molar refractivity (Wildman–Crippen MR) is 107 cm³/mol. The fourth-order valence-corrected chi connectivity index (χ4v) is 3.18. The third kappa shape index (κ3) is 4.00. The van der Waals surface area contributed by atoms with Crippen LogP contribution < -0.4 is 4.74 Å². The molecule has 0 spiro atoms. The summed E-state index contributed by atoms with van der Waals surface area (Å²) < 4.78 is 5.26. The van der Waals surface area contributed by atoms with Crippen LogP contribution in [0.25, 0.3) is 10.8 Å². The molecule has 3 aromatic rings. The van der Waals surface area contributed by atoms with Crippen LogP contribution in [0.3, 0.4) is 0 Å². The molecule has 0 aliphatic carbocycles. The van der Waals surface area contributed by atoms with Gasteiger partial charge < -0.3 is 9.64 Å². The van der Waals surface area contributed by atoms with Crippen molar-refractivity contribution in [3.05, 3.63) is 76.8 Å². The van der Waals surface area contributed by atoms with Gasteiger partial charge in [-0.1, -0.05) is 48.0 Å². The molecular formula is C22H22ClNO2. The number of carbonyl (C=O) groups is 1. The van der Waals surface area contributed by atoms with Gasteiger partial charge in [-0.05, 0) is 53.1 Å². The van der Waals surface area contributed by atoms with E-state index in [1.807, 2.05) is 68.6 Å². The molecule has 0 aliphatic heterocycles. The van der Waals surface area contributed by atoms with E-state index in [9.17, 15) is 4.79 Å². The maximum Gasteiger partial charge on any atom is 0.229 e. The van der Waals surface area contributed by atoms with Gasteiger partial charge in [0.15, 0.2) is 0 Å². The average Bonchev–Trinajstić information content (AvgIpc) is 2.67. The molecule has 0 heterocycles. The van der Waals surface area contributed by atoms with Gasteiger partial charge in [-0.25, -0.2) is 0 Å². The number of ether oxygens (including phenoxy) is 1. The number of hydrogen-bond donors (Lipinski definition) is 0. The van der Waals surface area contributed by atoms with Gasteiger partial charge >= 0.3 is 0 Å². The van der Waals surface area contributed by atoms with Crippen LogP contribution in [0, 0.1) is 0 Å². The van der Waals surface area contributed by atoms with Gasteiger partial charge in [0, 0.05) is 18.6 Å². The Bertz CT molecular complexity index is 921. The number of methoxy groups -OCH3 is 1. The molecule has 0 radical (unpaired) electrons. The van der Waals surface area contributed by atoms with Gasteiger partial charge in [0.05, 0.1) is 13.0 Å². The van der Waals surface area contributed by atoms with Crippen molar-refractivity contribution in [1.82, 2.24) is 4.90 Å². The number of carbonyl (C=O) groups excluding carboxylic acids is 1. The second-order valence-corrected chi connectivity index (χ2v) is 6.95. The summed E-state index contributed by atoms with van der Waals surface area (Å²) in [5, 5.41) is 2.90. The van der Waals surface area contributed by atoms with Crippen LogP contribution >= 0.6 is 11.6 Å². The number of benzene rings is 3. The molecule has 0 aromatic heterocycles. The Balaban J connectivity index is 1.76. The average molecular weight is 368 g/mol. The van der Waals surface area contributed by atoms with Crippen molar-refractivity contribution in [3.8, 4) is 5.75 Å². The highest BCUT2D eigenvalue weighted by Gasteiger charge is 2.19. The van der Waals surface area contributed by atoms with Gasteiger partial charge in [0.2, 0.25) is 5.91 Å². The molecule has 1 atom stereocenters. The molecule has 134 valence electrons. The van der Waals surface area contributed by atoms with E-state index in [-0.39, 0.29) is 11.8 Å². The molecule has 0 N–H and O–H groups in total. The Morgan fingerprint density at radius 1 is 1.04 bits per heavy atom. The first-order valence-electron chi connectivity index (χ1n) is 8.55. The van der Waals surface area contributed by atoms with E-state index in [4.69, 9.17) is 16.3 Å². The van der Waals surface area contributed by atoms with Gasteiger partial charge in [-0.3, -0.25) is 4.79 Å². The summed E-state index contributed by atoms with van der Waals surface area (Å²) in [6.07, 6.45) is 0. The SMILES string of the molecule is COc1ccc2cc([C@H](C)C(=O)N(C)Cc3ccc(Cl)cc3)ccc2c1. The molecule has 0 saturated carbocycles. The molecule has 3 aromatic carbocycles. The normalized spacial score (nSPS) is 12.0. The first kappa shape index (κ1) is 18.3. The standard InChI is InChI=1S/C22H22ClNO2/c1-15(22(25)24(2)14-16-4-9-20(23)10-5-16)17-6-7-19-13-21(26-3)11-8-18(19)12-17/h4-13,15H,14H2,1-3H3/t15-/m0/s1. The van der Waals surface area contributed by atoms with E-state index < -0.39 is 0 Å². The highest BCUT2D eigenvalue weighted by Crippen LogP contribution is 2.26. The molecule has 0 aliphatic rings. The van der Waals surface area contributed by atoms with Crippen molar-refractivity contribution in [2.24, 2.45) is 0 Å². The van der Waals surface area contributed by atoms with E-state index in [1.54, 1.807) is 12.0 Å². The zero-order valence-electron chi connectivity index (χ0n) is 15.2. The molecule has 4 heteroatoms. The van der Waals surface area contributed by atoms with Crippen molar-refractivity contribution in [3.63, 3.8) is 0 Å². The highest BCUT2D eigenvalue weighted by atomic mass is 35.5. The second-order valence-electron chi connectivity index (χ2n) is 6.51.